The van der Waals surface area contributed by atoms with Crippen LogP contribution in [0, 0.1) is 20.8 Å². The average molecular weight is 459 g/mol. The summed E-state index contributed by atoms with van der Waals surface area (Å²) in [4.78, 5) is 12.8. The molecule has 0 fully saturated rings. The summed E-state index contributed by atoms with van der Waals surface area (Å²) in [5.41, 5.74) is 4.37. The van der Waals surface area contributed by atoms with Gasteiger partial charge in [0.15, 0.2) is 0 Å². The molecule has 0 saturated heterocycles. The third-order valence-electron chi connectivity index (χ3n) is 5.62. The van der Waals surface area contributed by atoms with Gasteiger partial charge < -0.3 is 10.1 Å². The predicted molar refractivity (Wildman–Crippen MR) is 129 cm³/mol. The first-order chi connectivity index (χ1) is 14.8. The Labute approximate surface area is 192 Å². The van der Waals surface area contributed by atoms with Crippen molar-refractivity contribution < 1.29 is 17.9 Å². The fourth-order valence-electron chi connectivity index (χ4n) is 4.33. The third-order valence-corrected chi connectivity index (χ3v) is 6.81. The van der Waals surface area contributed by atoms with Crippen LogP contribution >= 0.6 is 0 Å². The van der Waals surface area contributed by atoms with Gasteiger partial charge in [0.05, 0.1) is 18.0 Å². The van der Waals surface area contributed by atoms with E-state index in [1.54, 1.807) is 0 Å². The lowest BCUT2D eigenvalue weighted by atomic mass is 9.89. The Morgan fingerprint density at radius 1 is 1.09 bits per heavy atom. The standard InChI is InChI=1S/C25H34N2O4S/c1-17-9-10-23-21(15-17)22(16-25(4,5)31-23)26-24(28)8-7-11-27(32(6,29)30)20-13-18(2)12-19(3)14-20/h9-10,12-15,22H,7-8,11,16H2,1-6H3,(H,26,28). The van der Waals surface area contributed by atoms with Gasteiger partial charge in [0.1, 0.15) is 11.4 Å². The van der Waals surface area contributed by atoms with E-state index in [-0.39, 0.29) is 30.5 Å². The zero-order valence-corrected chi connectivity index (χ0v) is 20.7. The van der Waals surface area contributed by atoms with Crippen LogP contribution in [0.25, 0.3) is 0 Å². The molecule has 1 aliphatic rings. The molecule has 7 heteroatoms. The number of rotatable bonds is 7. The molecule has 6 nitrogen and oxygen atoms in total. The highest BCUT2D eigenvalue weighted by Crippen LogP contribution is 2.39. The molecular formula is C25H34N2O4S. The van der Waals surface area contributed by atoms with E-state index in [9.17, 15) is 13.2 Å². The van der Waals surface area contributed by atoms with Gasteiger partial charge in [-0.05, 0) is 70.4 Å². The van der Waals surface area contributed by atoms with Crippen LogP contribution < -0.4 is 14.4 Å². The maximum absolute atomic E-state index is 12.8. The molecule has 1 heterocycles. The van der Waals surface area contributed by atoms with Crippen LogP contribution in [0.4, 0.5) is 5.69 Å². The molecular weight excluding hydrogens is 424 g/mol. The van der Waals surface area contributed by atoms with Gasteiger partial charge in [-0.15, -0.1) is 0 Å². The number of ether oxygens (including phenoxy) is 1. The van der Waals surface area contributed by atoms with Crippen LogP contribution in [0.5, 0.6) is 5.75 Å². The van der Waals surface area contributed by atoms with Crippen molar-refractivity contribution in [2.75, 3.05) is 17.1 Å². The molecule has 1 aliphatic heterocycles. The maximum atomic E-state index is 12.8. The van der Waals surface area contributed by atoms with Crippen molar-refractivity contribution in [3.05, 3.63) is 58.7 Å². The number of aryl methyl sites for hydroxylation is 3. The highest BCUT2D eigenvalue weighted by atomic mass is 32.2. The fraction of sp³-hybridized carbons (Fsp3) is 0.480. The van der Waals surface area contributed by atoms with Gasteiger partial charge >= 0.3 is 0 Å². The first kappa shape index (κ1) is 24.1. The Kier molecular flexibility index (Phi) is 6.89. The smallest absolute Gasteiger partial charge is 0.232 e. The van der Waals surface area contributed by atoms with E-state index in [0.717, 1.165) is 28.0 Å². The van der Waals surface area contributed by atoms with Gasteiger partial charge in [-0.3, -0.25) is 9.10 Å². The van der Waals surface area contributed by atoms with Gasteiger partial charge in [0, 0.05) is 24.9 Å². The number of nitrogens with one attached hydrogen (secondary N) is 1. The molecule has 0 saturated carbocycles. The van der Waals surface area contributed by atoms with Crippen molar-refractivity contribution in [3.63, 3.8) is 0 Å². The number of carbonyl (C=O) groups is 1. The second-order valence-electron chi connectivity index (χ2n) is 9.51. The van der Waals surface area contributed by atoms with Crippen molar-refractivity contribution in [2.24, 2.45) is 0 Å². The van der Waals surface area contributed by atoms with Gasteiger partial charge in [0.2, 0.25) is 15.9 Å². The van der Waals surface area contributed by atoms with E-state index in [4.69, 9.17) is 4.74 Å². The van der Waals surface area contributed by atoms with Crippen molar-refractivity contribution >= 4 is 21.6 Å². The molecule has 1 amide bonds. The van der Waals surface area contributed by atoms with Gasteiger partial charge in [-0.25, -0.2) is 8.42 Å². The number of anilines is 1. The summed E-state index contributed by atoms with van der Waals surface area (Å²) in [6.45, 7) is 10.2. The van der Waals surface area contributed by atoms with E-state index in [2.05, 4.69) is 11.4 Å². The second kappa shape index (κ2) is 9.14. The van der Waals surface area contributed by atoms with Crippen LogP contribution in [0.1, 0.15) is 61.4 Å². The summed E-state index contributed by atoms with van der Waals surface area (Å²) >= 11 is 0. The van der Waals surface area contributed by atoms with Crippen molar-refractivity contribution in [1.82, 2.24) is 5.32 Å². The monoisotopic (exact) mass is 458 g/mol. The number of amides is 1. The summed E-state index contributed by atoms with van der Waals surface area (Å²) < 4.78 is 32.3. The number of sulfonamides is 1. The zero-order valence-electron chi connectivity index (χ0n) is 19.9. The Hall–Kier alpha value is -2.54. The molecule has 1 unspecified atom stereocenters. The number of hydrogen-bond acceptors (Lipinski definition) is 4. The SMILES string of the molecule is Cc1cc(C)cc(N(CCCC(=O)NC2CC(C)(C)Oc3ccc(C)cc32)S(C)(=O)=O)c1. The van der Waals surface area contributed by atoms with Gasteiger partial charge in [0.25, 0.3) is 0 Å². The molecule has 0 aromatic heterocycles. The Morgan fingerprint density at radius 2 is 1.75 bits per heavy atom. The summed E-state index contributed by atoms with van der Waals surface area (Å²) in [6, 6.07) is 11.6. The summed E-state index contributed by atoms with van der Waals surface area (Å²) in [6.07, 6.45) is 2.55. The molecule has 174 valence electrons. The van der Waals surface area contributed by atoms with Crippen LogP contribution in [-0.2, 0) is 14.8 Å². The van der Waals surface area contributed by atoms with Gasteiger partial charge in [-0.2, -0.15) is 0 Å². The van der Waals surface area contributed by atoms with Crippen LogP contribution in [0.3, 0.4) is 0 Å². The minimum absolute atomic E-state index is 0.0889. The highest BCUT2D eigenvalue weighted by Gasteiger charge is 2.34. The topological polar surface area (TPSA) is 75.7 Å². The molecule has 0 bridgehead atoms. The number of nitrogens with zero attached hydrogens (tertiary/aromatic N) is 1. The molecule has 0 spiro atoms. The van der Waals surface area contributed by atoms with E-state index >= 15 is 0 Å². The predicted octanol–water partition coefficient (Wildman–Crippen LogP) is 4.58. The minimum atomic E-state index is -3.45. The first-order valence-corrected chi connectivity index (χ1v) is 12.8. The van der Waals surface area contributed by atoms with Gasteiger partial charge in [-0.1, -0.05) is 23.8 Å². The highest BCUT2D eigenvalue weighted by molar-refractivity contribution is 7.92. The normalized spacial score (nSPS) is 17.2. The number of benzene rings is 2. The Balaban J connectivity index is 1.67. The largest absolute Gasteiger partial charge is 0.487 e. The van der Waals surface area contributed by atoms with Crippen LogP contribution in [0.15, 0.2) is 36.4 Å². The van der Waals surface area contributed by atoms with E-state index < -0.39 is 10.0 Å². The molecule has 32 heavy (non-hydrogen) atoms. The third kappa shape index (κ3) is 6.03. The Bertz CT molecular complexity index is 1090. The molecule has 1 N–H and O–H groups in total. The molecule has 2 aromatic rings. The lowest BCUT2D eigenvalue weighted by molar-refractivity contribution is -0.122. The average Bonchev–Trinajstić information content (AvgIpc) is 2.63. The van der Waals surface area contributed by atoms with Crippen LogP contribution in [0.2, 0.25) is 0 Å². The first-order valence-electron chi connectivity index (χ1n) is 11.0. The quantitative estimate of drug-likeness (QED) is 0.659. The number of hydrogen-bond donors (Lipinski definition) is 1. The van der Waals surface area contributed by atoms with Crippen molar-refractivity contribution in [1.29, 1.82) is 0 Å². The van der Waals surface area contributed by atoms with E-state index in [1.165, 1.54) is 10.6 Å². The van der Waals surface area contributed by atoms with Crippen LogP contribution in [-0.4, -0.2) is 32.7 Å². The fourth-order valence-corrected chi connectivity index (χ4v) is 5.28. The molecule has 1 atom stereocenters. The summed E-state index contributed by atoms with van der Waals surface area (Å²) in [5.74, 6) is 0.712. The summed E-state index contributed by atoms with van der Waals surface area (Å²) in [7, 11) is -3.45. The molecule has 2 aromatic carbocycles. The van der Waals surface area contributed by atoms with E-state index in [0.29, 0.717) is 18.5 Å². The summed E-state index contributed by atoms with van der Waals surface area (Å²) in [5, 5.41) is 3.14. The second-order valence-corrected chi connectivity index (χ2v) is 11.4. The zero-order chi connectivity index (χ0) is 23.7. The lowest BCUT2D eigenvalue weighted by Gasteiger charge is -2.38. The number of fused-ring (bicyclic) bond motifs is 1. The van der Waals surface area contributed by atoms with E-state index in [1.807, 2.05) is 65.0 Å². The molecule has 3 rings (SSSR count). The van der Waals surface area contributed by atoms with Crippen molar-refractivity contribution in [2.45, 2.75) is 65.5 Å². The minimum Gasteiger partial charge on any atom is -0.487 e. The lowest BCUT2D eigenvalue weighted by Crippen LogP contribution is -2.41. The number of carbonyl (C=O) groups excluding carboxylic acids is 1. The maximum Gasteiger partial charge on any atom is 0.232 e. The Morgan fingerprint density at radius 3 is 2.38 bits per heavy atom. The molecule has 0 radical (unpaired) electrons. The van der Waals surface area contributed by atoms with Crippen molar-refractivity contribution in [3.8, 4) is 5.75 Å². The molecule has 0 aliphatic carbocycles.